The molecular formula is C13H13N3O2. The highest BCUT2D eigenvalue weighted by atomic mass is 16.5. The van der Waals surface area contributed by atoms with Crippen LogP contribution in [-0.4, -0.2) is 30.1 Å². The van der Waals surface area contributed by atoms with Crippen molar-refractivity contribution in [2.75, 3.05) is 19.1 Å². The molecule has 92 valence electrons. The van der Waals surface area contributed by atoms with Crippen molar-refractivity contribution in [2.45, 2.75) is 0 Å². The Hall–Kier alpha value is -2.43. The minimum absolute atomic E-state index is 0.197. The van der Waals surface area contributed by atoms with E-state index in [9.17, 15) is 4.79 Å². The maximum absolute atomic E-state index is 11.2. The fraction of sp³-hybridized carbons (Fsp3) is 0.154. The van der Waals surface area contributed by atoms with Crippen LogP contribution in [0, 0.1) is 0 Å². The number of esters is 1. The Kier molecular flexibility index (Phi) is 3.52. The van der Waals surface area contributed by atoms with E-state index in [4.69, 9.17) is 0 Å². The molecule has 5 heteroatoms. The van der Waals surface area contributed by atoms with Crippen molar-refractivity contribution < 1.29 is 9.53 Å². The standard InChI is InChI=1S/C13H13N3O2/c1-16(10-6-4-3-5-7-10)12-9-14-11(8-15-12)13(17)18-2/h3-9H,1-2H3. The van der Waals surface area contributed by atoms with Gasteiger partial charge in [0.05, 0.1) is 19.5 Å². The zero-order chi connectivity index (χ0) is 13.0. The van der Waals surface area contributed by atoms with E-state index in [1.165, 1.54) is 13.3 Å². The summed E-state index contributed by atoms with van der Waals surface area (Å²) in [7, 11) is 3.20. The molecule has 0 bridgehead atoms. The Balaban J connectivity index is 2.22. The molecule has 1 heterocycles. The summed E-state index contributed by atoms with van der Waals surface area (Å²) in [6.45, 7) is 0. The number of para-hydroxylation sites is 1. The number of rotatable bonds is 3. The van der Waals surface area contributed by atoms with Crippen LogP contribution in [0.25, 0.3) is 0 Å². The van der Waals surface area contributed by atoms with Crippen molar-refractivity contribution in [1.29, 1.82) is 0 Å². The summed E-state index contributed by atoms with van der Waals surface area (Å²) >= 11 is 0. The molecule has 0 amide bonds. The molecule has 0 atom stereocenters. The second kappa shape index (κ2) is 5.27. The lowest BCUT2D eigenvalue weighted by molar-refractivity contribution is 0.0593. The Labute approximate surface area is 105 Å². The third-order valence-corrected chi connectivity index (χ3v) is 2.52. The van der Waals surface area contributed by atoms with Crippen molar-refractivity contribution in [3.63, 3.8) is 0 Å². The third kappa shape index (κ3) is 2.45. The number of hydrogen-bond acceptors (Lipinski definition) is 5. The fourth-order valence-corrected chi connectivity index (χ4v) is 1.49. The molecule has 0 fully saturated rings. The van der Waals surface area contributed by atoms with Gasteiger partial charge in [-0.2, -0.15) is 0 Å². The van der Waals surface area contributed by atoms with Crippen LogP contribution in [0.3, 0.4) is 0 Å². The zero-order valence-corrected chi connectivity index (χ0v) is 10.2. The van der Waals surface area contributed by atoms with Crippen molar-refractivity contribution in [3.05, 3.63) is 48.4 Å². The highest BCUT2D eigenvalue weighted by Crippen LogP contribution is 2.19. The van der Waals surface area contributed by atoms with Gasteiger partial charge < -0.3 is 9.64 Å². The summed E-state index contributed by atoms with van der Waals surface area (Å²) in [5.74, 6) is 0.172. The first-order valence-corrected chi connectivity index (χ1v) is 5.41. The summed E-state index contributed by atoms with van der Waals surface area (Å²) in [5.41, 5.74) is 1.19. The predicted octanol–water partition coefficient (Wildman–Crippen LogP) is 2.03. The molecule has 0 saturated heterocycles. The molecule has 0 aliphatic heterocycles. The monoisotopic (exact) mass is 243 g/mol. The highest BCUT2D eigenvalue weighted by Gasteiger charge is 2.10. The molecule has 1 aromatic heterocycles. The van der Waals surface area contributed by atoms with Crippen LogP contribution in [0.5, 0.6) is 0 Å². The molecule has 0 aliphatic rings. The molecule has 2 rings (SSSR count). The number of carbonyl (C=O) groups excluding carboxylic acids is 1. The number of anilines is 2. The van der Waals surface area contributed by atoms with Crippen molar-refractivity contribution in [2.24, 2.45) is 0 Å². The summed E-state index contributed by atoms with van der Waals surface area (Å²) in [4.78, 5) is 21.3. The van der Waals surface area contributed by atoms with Crippen LogP contribution in [-0.2, 0) is 4.74 Å². The van der Waals surface area contributed by atoms with Crippen LogP contribution in [0.15, 0.2) is 42.7 Å². The normalized spacial score (nSPS) is 9.89. The van der Waals surface area contributed by atoms with Crippen LogP contribution >= 0.6 is 0 Å². The predicted molar refractivity (Wildman–Crippen MR) is 67.9 cm³/mol. The molecule has 5 nitrogen and oxygen atoms in total. The number of ether oxygens (including phenoxy) is 1. The van der Waals surface area contributed by atoms with Gasteiger partial charge in [-0.25, -0.2) is 14.8 Å². The molecule has 0 saturated carbocycles. The van der Waals surface area contributed by atoms with Crippen LogP contribution in [0.2, 0.25) is 0 Å². The van der Waals surface area contributed by atoms with Gasteiger partial charge in [0.25, 0.3) is 0 Å². The van der Waals surface area contributed by atoms with Crippen molar-refractivity contribution in [3.8, 4) is 0 Å². The van der Waals surface area contributed by atoms with Crippen LogP contribution in [0.1, 0.15) is 10.5 Å². The largest absolute Gasteiger partial charge is 0.464 e. The number of hydrogen-bond donors (Lipinski definition) is 0. The first-order chi connectivity index (χ1) is 8.72. The topological polar surface area (TPSA) is 55.3 Å². The number of methoxy groups -OCH3 is 1. The molecule has 2 aromatic rings. The maximum atomic E-state index is 11.2. The first kappa shape index (κ1) is 12.0. The molecule has 0 N–H and O–H groups in total. The SMILES string of the molecule is COC(=O)c1cnc(N(C)c2ccccc2)cn1. The molecule has 18 heavy (non-hydrogen) atoms. The minimum Gasteiger partial charge on any atom is -0.464 e. The number of carbonyl (C=O) groups is 1. The van der Waals surface area contributed by atoms with Gasteiger partial charge in [0.2, 0.25) is 0 Å². The molecule has 0 unspecified atom stereocenters. The zero-order valence-electron chi connectivity index (χ0n) is 10.2. The third-order valence-electron chi connectivity index (χ3n) is 2.52. The van der Waals surface area contributed by atoms with E-state index in [0.717, 1.165) is 5.69 Å². The number of aromatic nitrogens is 2. The number of nitrogens with zero attached hydrogens (tertiary/aromatic N) is 3. The first-order valence-electron chi connectivity index (χ1n) is 5.41. The minimum atomic E-state index is -0.489. The van der Waals surface area contributed by atoms with Gasteiger partial charge in [-0.1, -0.05) is 18.2 Å². The van der Waals surface area contributed by atoms with E-state index in [1.54, 1.807) is 6.20 Å². The number of benzene rings is 1. The van der Waals surface area contributed by atoms with Gasteiger partial charge in [-0.15, -0.1) is 0 Å². The summed E-state index contributed by atoms with van der Waals surface area (Å²) < 4.78 is 4.57. The Morgan fingerprint density at radius 1 is 1.17 bits per heavy atom. The average Bonchev–Trinajstić information content (AvgIpc) is 2.47. The second-order valence-corrected chi connectivity index (χ2v) is 3.65. The van der Waals surface area contributed by atoms with Gasteiger partial charge in [0, 0.05) is 12.7 Å². The van der Waals surface area contributed by atoms with Gasteiger partial charge >= 0.3 is 5.97 Å². The lowest BCUT2D eigenvalue weighted by Crippen LogP contribution is -2.13. The lowest BCUT2D eigenvalue weighted by Gasteiger charge is -2.17. The second-order valence-electron chi connectivity index (χ2n) is 3.65. The van der Waals surface area contributed by atoms with E-state index in [-0.39, 0.29) is 5.69 Å². The molecular weight excluding hydrogens is 230 g/mol. The molecule has 0 spiro atoms. The van der Waals surface area contributed by atoms with Crippen LogP contribution in [0.4, 0.5) is 11.5 Å². The Morgan fingerprint density at radius 2 is 1.89 bits per heavy atom. The van der Waals surface area contributed by atoms with Gasteiger partial charge in [0.15, 0.2) is 11.5 Å². The van der Waals surface area contributed by atoms with E-state index >= 15 is 0 Å². The molecule has 0 radical (unpaired) electrons. The maximum Gasteiger partial charge on any atom is 0.358 e. The van der Waals surface area contributed by atoms with Crippen molar-refractivity contribution >= 4 is 17.5 Å². The van der Waals surface area contributed by atoms with Gasteiger partial charge in [0.1, 0.15) is 0 Å². The van der Waals surface area contributed by atoms with E-state index < -0.39 is 5.97 Å². The molecule has 0 aliphatic carbocycles. The smallest absolute Gasteiger partial charge is 0.358 e. The highest BCUT2D eigenvalue weighted by molar-refractivity contribution is 5.86. The summed E-state index contributed by atoms with van der Waals surface area (Å²) in [5, 5.41) is 0. The van der Waals surface area contributed by atoms with E-state index in [0.29, 0.717) is 5.82 Å². The van der Waals surface area contributed by atoms with E-state index in [2.05, 4.69) is 14.7 Å². The van der Waals surface area contributed by atoms with Crippen LogP contribution < -0.4 is 4.90 Å². The Morgan fingerprint density at radius 3 is 2.44 bits per heavy atom. The Bertz CT molecular complexity index is 526. The summed E-state index contributed by atoms with van der Waals surface area (Å²) in [6.07, 6.45) is 2.94. The van der Waals surface area contributed by atoms with Gasteiger partial charge in [-0.05, 0) is 12.1 Å². The quantitative estimate of drug-likeness (QED) is 0.772. The van der Waals surface area contributed by atoms with E-state index in [1.807, 2.05) is 42.3 Å². The molecule has 1 aromatic carbocycles. The lowest BCUT2D eigenvalue weighted by atomic mass is 10.3. The average molecular weight is 243 g/mol. The summed E-state index contributed by atoms with van der Waals surface area (Å²) in [6, 6.07) is 9.78. The van der Waals surface area contributed by atoms with Gasteiger partial charge in [-0.3, -0.25) is 0 Å². The van der Waals surface area contributed by atoms with Crippen molar-refractivity contribution in [1.82, 2.24) is 9.97 Å². The fourth-order valence-electron chi connectivity index (χ4n) is 1.49.